The Balaban J connectivity index is 1.90. The molecule has 2 heterocycles. The first kappa shape index (κ1) is 15.9. The molecule has 122 valence electrons. The van der Waals surface area contributed by atoms with Crippen LogP contribution in [0.3, 0.4) is 0 Å². The van der Waals surface area contributed by atoms with E-state index in [1.54, 1.807) is 24.3 Å². The van der Waals surface area contributed by atoms with E-state index in [0.29, 0.717) is 10.6 Å². The highest BCUT2D eigenvalue weighted by Gasteiger charge is 2.08. The van der Waals surface area contributed by atoms with Crippen molar-refractivity contribution in [3.63, 3.8) is 0 Å². The van der Waals surface area contributed by atoms with Crippen LogP contribution in [-0.2, 0) is 0 Å². The molecule has 0 atom stereocenters. The SMILES string of the molecule is COc1ccc(-c2n[nH]c(=S)n2/N=C/C(C)=C\c2ccco2)cc1. The number of aromatic nitrogens is 3. The van der Waals surface area contributed by atoms with Crippen molar-refractivity contribution in [2.24, 2.45) is 5.10 Å². The molecule has 7 heteroatoms. The minimum atomic E-state index is 0.419. The molecule has 0 aliphatic rings. The van der Waals surface area contributed by atoms with E-state index in [2.05, 4.69) is 15.3 Å². The maximum atomic E-state index is 5.28. The zero-order valence-corrected chi connectivity index (χ0v) is 14.1. The normalized spacial score (nSPS) is 12.0. The third-order valence-corrected chi connectivity index (χ3v) is 3.55. The first-order chi connectivity index (χ1) is 11.7. The van der Waals surface area contributed by atoms with Gasteiger partial charge >= 0.3 is 0 Å². The van der Waals surface area contributed by atoms with Gasteiger partial charge in [0.2, 0.25) is 4.77 Å². The van der Waals surface area contributed by atoms with Gasteiger partial charge < -0.3 is 9.15 Å². The zero-order chi connectivity index (χ0) is 16.9. The molecular weight excluding hydrogens is 324 g/mol. The third-order valence-electron chi connectivity index (χ3n) is 3.29. The first-order valence-electron chi connectivity index (χ1n) is 7.25. The fourth-order valence-electron chi connectivity index (χ4n) is 2.11. The van der Waals surface area contributed by atoms with Gasteiger partial charge in [0.25, 0.3) is 0 Å². The molecule has 0 fully saturated rings. The molecule has 0 bridgehead atoms. The summed E-state index contributed by atoms with van der Waals surface area (Å²) in [5.41, 5.74) is 1.81. The number of H-pyrrole nitrogens is 1. The fraction of sp³-hybridized carbons (Fsp3) is 0.118. The van der Waals surface area contributed by atoms with E-state index in [4.69, 9.17) is 21.4 Å². The van der Waals surface area contributed by atoms with Crippen LogP contribution in [0.25, 0.3) is 17.5 Å². The van der Waals surface area contributed by atoms with Gasteiger partial charge in [-0.3, -0.25) is 0 Å². The Morgan fingerprint density at radius 2 is 2.12 bits per heavy atom. The van der Waals surface area contributed by atoms with Crippen molar-refractivity contribution in [1.29, 1.82) is 0 Å². The van der Waals surface area contributed by atoms with Crippen molar-refractivity contribution >= 4 is 24.5 Å². The minimum absolute atomic E-state index is 0.419. The van der Waals surface area contributed by atoms with Gasteiger partial charge in [-0.15, -0.1) is 0 Å². The predicted octanol–water partition coefficient (Wildman–Crippen LogP) is 4.15. The van der Waals surface area contributed by atoms with Gasteiger partial charge in [0.1, 0.15) is 11.5 Å². The number of allylic oxidation sites excluding steroid dienone is 1. The molecule has 3 rings (SSSR count). The van der Waals surface area contributed by atoms with Crippen molar-refractivity contribution in [2.45, 2.75) is 6.92 Å². The lowest BCUT2D eigenvalue weighted by Crippen LogP contribution is -1.95. The molecule has 2 aromatic heterocycles. The van der Waals surface area contributed by atoms with Crippen molar-refractivity contribution in [3.05, 3.63) is 58.8 Å². The second-order valence-corrected chi connectivity index (χ2v) is 5.43. The van der Waals surface area contributed by atoms with Crippen LogP contribution in [0.1, 0.15) is 12.7 Å². The van der Waals surface area contributed by atoms with Crippen LogP contribution in [0.5, 0.6) is 5.75 Å². The summed E-state index contributed by atoms with van der Waals surface area (Å²) in [7, 11) is 1.63. The summed E-state index contributed by atoms with van der Waals surface area (Å²) in [4.78, 5) is 0. The zero-order valence-electron chi connectivity index (χ0n) is 13.3. The van der Waals surface area contributed by atoms with Gasteiger partial charge in [0.15, 0.2) is 5.82 Å². The summed E-state index contributed by atoms with van der Waals surface area (Å²) in [6.07, 6.45) is 5.23. The van der Waals surface area contributed by atoms with E-state index in [-0.39, 0.29) is 0 Å². The van der Waals surface area contributed by atoms with Crippen LogP contribution in [0.2, 0.25) is 0 Å². The summed E-state index contributed by atoms with van der Waals surface area (Å²) in [6.45, 7) is 1.93. The lowest BCUT2D eigenvalue weighted by atomic mass is 10.2. The molecule has 0 aliphatic carbocycles. The van der Waals surface area contributed by atoms with E-state index in [9.17, 15) is 0 Å². The van der Waals surface area contributed by atoms with Crippen LogP contribution in [0, 0.1) is 4.77 Å². The van der Waals surface area contributed by atoms with Gasteiger partial charge in [0.05, 0.1) is 19.6 Å². The van der Waals surface area contributed by atoms with Crippen LogP contribution in [0.4, 0.5) is 0 Å². The van der Waals surface area contributed by atoms with Crippen LogP contribution in [0.15, 0.2) is 57.8 Å². The van der Waals surface area contributed by atoms with Crippen LogP contribution >= 0.6 is 12.2 Å². The highest BCUT2D eigenvalue weighted by Crippen LogP contribution is 2.20. The standard InChI is InChI=1S/C17H16N4O2S/c1-12(10-15-4-3-9-23-15)11-18-21-16(19-20-17(21)24)13-5-7-14(22-2)8-6-13/h3-11H,1-2H3,(H,20,24)/b12-10-,18-11+. The third kappa shape index (κ3) is 3.52. The molecule has 1 N–H and O–H groups in total. The number of rotatable bonds is 5. The summed E-state index contributed by atoms with van der Waals surface area (Å²) < 4.78 is 12.5. The summed E-state index contributed by atoms with van der Waals surface area (Å²) in [5.74, 6) is 2.18. The Bertz CT molecular complexity index is 918. The largest absolute Gasteiger partial charge is 0.497 e. The number of hydrogen-bond acceptors (Lipinski definition) is 5. The molecule has 0 saturated carbocycles. The van der Waals surface area contributed by atoms with Gasteiger partial charge in [-0.25, -0.2) is 5.10 Å². The number of furan rings is 1. The number of nitrogens with one attached hydrogen (secondary N) is 1. The molecule has 1 aromatic carbocycles. The molecule has 24 heavy (non-hydrogen) atoms. The molecule has 6 nitrogen and oxygen atoms in total. The van der Waals surface area contributed by atoms with E-state index in [1.807, 2.05) is 49.4 Å². The molecule has 0 spiro atoms. The first-order valence-corrected chi connectivity index (χ1v) is 7.66. The second-order valence-electron chi connectivity index (χ2n) is 5.04. The minimum Gasteiger partial charge on any atom is -0.497 e. The lowest BCUT2D eigenvalue weighted by Gasteiger charge is -2.03. The van der Waals surface area contributed by atoms with Crippen LogP contribution in [-0.4, -0.2) is 28.2 Å². The molecule has 0 radical (unpaired) electrons. The Hall–Kier alpha value is -2.93. The average Bonchev–Trinajstić information content (AvgIpc) is 3.23. The molecule has 0 aliphatic heterocycles. The second kappa shape index (κ2) is 7.10. The van der Waals surface area contributed by atoms with E-state index >= 15 is 0 Å². The predicted molar refractivity (Wildman–Crippen MR) is 95.6 cm³/mol. The molecule has 0 amide bonds. The van der Waals surface area contributed by atoms with Gasteiger partial charge in [0, 0.05) is 5.56 Å². The summed E-state index contributed by atoms with van der Waals surface area (Å²) >= 11 is 5.26. The molecular formula is C17H16N4O2S. The van der Waals surface area contributed by atoms with E-state index in [1.165, 1.54) is 0 Å². The lowest BCUT2D eigenvalue weighted by molar-refractivity contribution is 0.415. The van der Waals surface area contributed by atoms with Crippen molar-refractivity contribution in [1.82, 2.24) is 14.9 Å². The number of ether oxygens (including phenoxy) is 1. The number of nitrogens with zero attached hydrogens (tertiary/aromatic N) is 3. The number of methoxy groups -OCH3 is 1. The van der Waals surface area contributed by atoms with Gasteiger partial charge in [-0.1, -0.05) is 0 Å². The topological polar surface area (TPSA) is 68.3 Å². The highest BCUT2D eigenvalue weighted by atomic mass is 32.1. The van der Waals surface area contributed by atoms with Crippen LogP contribution < -0.4 is 4.74 Å². The van der Waals surface area contributed by atoms with E-state index < -0.39 is 0 Å². The fourth-order valence-corrected chi connectivity index (χ4v) is 2.29. The molecule has 0 unspecified atom stereocenters. The number of benzene rings is 1. The molecule has 3 aromatic rings. The Morgan fingerprint density at radius 3 is 2.79 bits per heavy atom. The van der Waals surface area contributed by atoms with Gasteiger partial charge in [-0.05, 0) is 67.2 Å². The molecule has 0 saturated heterocycles. The Morgan fingerprint density at radius 1 is 1.33 bits per heavy atom. The van der Waals surface area contributed by atoms with Crippen molar-refractivity contribution in [2.75, 3.05) is 7.11 Å². The smallest absolute Gasteiger partial charge is 0.216 e. The van der Waals surface area contributed by atoms with Crippen molar-refractivity contribution < 1.29 is 9.15 Å². The maximum absolute atomic E-state index is 5.28. The van der Waals surface area contributed by atoms with Crippen molar-refractivity contribution in [3.8, 4) is 17.1 Å². The Kier molecular flexibility index (Phi) is 4.72. The quantitative estimate of drug-likeness (QED) is 0.560. The highest BCUT2D eigenvalue weighted by molar-refractivity contribution is 7.71. The number of aromatic amines is 1. The summed E-state index contributed by atoms with van der Waals surface area (Å²) in [5, 5.41) is 11.4. The maximum Gasteiger partial charge on any atom is 0.216 e. The average molecular weight is 340 g/mol. The van der Waals surface area contributed by atoms with Gasteiger partial charge in [-0.2, -0.15) is 14.9 Å². The van der Waals surface area contributed by atoms with E-state index in [0.717, 1.165) is 22.6 Å². The summed E-state index contributed by atoms with van der Waals surface area (Å²) in [6, 6.07) is 11.3. The number of hydrogen-bond donors (Lipinski definition) is 1. The Labute approximate surface area is 144 Å². The monoisotopic (exact) mass is 340 g/mol.